The number of nitrogens with zero attached hydrogens (tertiary/aromatic N) is 3. The van der Waals surface area contributed by atoms with E-state index in [9.17, 15) is 8.42 Å². The van der Waals surface area contributed by atoms with E-state index in [1.165, 1.54) is 4.31 Å². The number of morpholine rings is 1. The lowest BCUT2D eigenvalue weighted by Crippen LogP contribution is -2.40. The molecule has 9 heteroatoms. The summed E-state index contributed by atoms with van der Waals surface area (Å²) >= 11 is 0. The third-order valence-corrected chi connectivity index (χ3v) is 6.99. The van der Waals surface area contributed by atoms with Crippen LogP contribution in [0.25, 0.3) is 11.5 Å². The first-order chi connectivity index (χ1) is 12.5. The lowest BCUT2D eigenvalue weighted by Gasteiger charge is -2.26. The highest BCUT2D eigenvalue weighted by Crippen LogP contribution is 2.35. The van der Waals surface area contributed by atoms with Crippen LogP contribution in [0.5, 0.6) is 0 Å². The second kappa shape index (κ2) is 6.73. The Balaban J connectivity index is 1.55. The molecule has 2 N–H and O–H groups in total. The smallest absolute Gasteiger partial charge is 0.257 e. The molecule has 0 atom stereocenters. The zero-order chi connectivity index (χ0) is 18.2. The second-order valence-corrected chi connectivity index (χ2v) is 8.77. The van der Waals surface area contributed by atoms with E-state index in [0.29, 0.717) is 43.6 Å². The Labute approximate surface area is 152 Å². The van der Waals surface area contributed by atoms with Gasteiger partial charge in [-0.3, -0.25) is 0 Å². The maximum absolute atomic E-state index is 12.7. The molecule has 1 aliphatic carbocycles. The molecule has 2 heterocycles. The zero-order valence-corrected chi connectivity index (χ0v) is 15.2. The van der Waals surface area contributed by atoms with E-state index in [1.807, 2.05) is 0 Å². The quantitative estimate of drug-likeness (QED) is 0.858. The predicted octanol–water partition coefficient (Wildman–Crippen LogP) is 1.49. The normalized spacial score (nSPS) is 21.1. The number of ether oxygens (including phenoxy) is 1. The highest BCUT2D eigenvalue weighted by molar-refractivity contribution is 7.89. The largest absolute Gasteiger partial charge is 0.379 e. The van der Waals surface area contributed by atoms with Crippen molar-refractivity contribution in [3.8, 4) is 11.5 Å². The number of aromatic nitrogens is 2. The minimum atomic E-state index is -3.51. The van der Waals surface area contributed by atoms with Gasteiger partial charge in [0.2, 0.25) is 10.0 Å². The molecular weight excluding hydrogens is 356 g/mol. The van der Waals surface area contributed by atoms with Crippen LogP contribution in [0.3, 0.4) is 0 Å². The van der Waals surface area contributed by atoms with Gasteiger partial charge in [-0.2, -0.15) is 9.29 Å². The molecule has 0 radical (unpaired) electrons. The summed E-state index contributed by atoms with van der Waals surface area (Å²) in [6.07, 6.45) is 3.83. The molecule has 1 saturated carbocycles. The molecule has 1 aromatic heterocycles. The van der Waals surface area contributed by atoms with Crippen LogP contribution in [0.15, 0.2) is 33.7 Å². The topological polar surface area (TPSA) is 112 Å². The first kappa shape index (κ1) is 17.6. The Kier molecular flexibility index (Phi) is 4.55. The molecule has 4 rings (SSSR count). The van der Waals surface area contributed by atoms with Crippen LogP contribution in [0.1, 0.15) is 31.5 Å². The van der Waals surface area contributed by atoms with Crippen molar-refractivity contribution in [1.29, 1.82) is 0 Å². The third kappa shape index (κ3) is 3.16. The van der Waals surface area contributed by atoms with E-state index in [0.717, 1.165) is 25.7 Å². The van der Waals surface area contributed by atoms with Crippen molar-refractivity contribution in [2.24, 2.45) is 5.73 Å². The van der Waals surface area contributed by atoms with E-state index in [4.69, 9.17) is 15.0 Å². The van der Waals surface area contributed by atoms with Gasteiger partial charge in [0.1, 0.15) is 0 Å². The maximum atomic E-state index is 12.7. The number of sulfonamides is 1. The van der Waals surface area contributed by atoms with Crippen LogP contribution in [0.2, 0.25) is 0 Å². The van der Waals surface area contributed by atoms with Crippen LogP contribution in [0.4, 0.5) is 0 Å². The molecule has 140 valence electrons. The Bertz CT molecular complexity index is 866. The highest BCUT2D eigenvalue weighted by atomic mass is 32.2. The molecule has 0 bridgehead atoms. The minimum Gasteiger partial charge on any atom is -0.379 e. The van der Waals surface area contributed by atoms with Crippen molar-refractivity contribution in [2.45, 2.75) is 36.1 Å². The molecular formula is C17H22N4O4S. The summed E-state index contributed by atoms with van der Waals surface area (Å²) in [4.78, 5) is 4.68. The fourth-order valence-corrected chi connectivity index (χ4v) is 4.89. The van der Waals surface area contributed by atoms with Gasteiger partial charge in [0.25, 0.3) is 5.89 Å². The number of hydrogen-bond acceptors (Lipinski definition) is 7. The zero-order valence-electron chi connectivity index (χ0n) is 14.4. The van der Waals surface area contributed by atoms with Gasteiger partial charge in [-0.1, -0.05) is 18.0 Å². The van der Waals surface area contributed by atoms with Gasteiger partial charge in [-0.25, -0.2) is 8.42 Å². The summed E-state index contributed by atoms with van der Waals surface area (Å²) in [5.41, 5.74) is 6.52. The fourth-order valence-electron chi connectivity index (χ4n) is 3.48. The van der Waals surface area contributed by atoms with Gasteiger partial charge in [-0.15, -0.1) is 0 Å². The Morgan fingerprint density at radius 3 is 2.38 bits per heavy atom. The van der Waals surface area contributed by atoms with Gasteiger partial charge in [0, 0.05) is 18.7 Å². The van der Waals surface area contributed by atoms with E-state index >= 15 is 0 Å². The van der Waals surface area contributed by atoms with E-state index in [2.05, 4.69) is 10.1 Å². The molecule has 0 unspecified atom stereocenters. The number of hydrogen-bond donors (Lipinski definition) is 1. The van der Waals surface area contributed by atoms with Gasteiger partial charge >= 0.3 is 0 Å². The third-order valence-electron chi connectivity index (χ3n) is 5.08. The Morgan fingerprint density at radius 2 is 1.73 bits per heavy atom. The molecule has 8 nitrogen and oxygen atoms in total. The van der Waals surface area contributed by atoms with Crippen LogP contribution in [-0.2, 0) is 20.3 Å². The van der Waals surface area contributed by atoms with Crippen molar-refractivity contribution in [1.82, 2.24) is 14.4 Å². The molecule has 1 aliphatic heterocycles. The molecule has 1 saturated heterocycles. The predicted molar refractivity (Wildman–Crippen MR) is 93.6 cm³/mol. The summed E-state index contributed by atoms with van der Waals surface area (Å²) in [5, 5.41) is 4.04. The molecule has 2 aromatic rings. The molecule has 1 aromatic carbocycles. The van der Waals surface area contributed by atoms with E-state index in [1.54, 1.807) is 24.3 Å². The summed E-state index contributed by atoms with van der Waals surface area (Å²) in [6, 6.07) is 6.50. The van der Waals surface area contributed by atoms with E-state index < -0.39 is 15.6 Å². The van der Waals surface area contributed by atoms with Crippen LogP contribution < -0.4 is 5.73 Å². The maximum Gasteiger partial charge on any atom is 0.257 e. The molecule has 0 spiro atoms. The van der Waals surface area contributed by atoms with Gasteiger partial charge in [-0.05, 0) is 37.1 Å². The van der Waals surface area contributed by atoms with Crippen molar-refractivity contribution in [2.75, 3.05) is 26.3 Å². The molecule has 2 aliphatic rings. The number of rotatable bonds is 4. The standard InChI is InChI=1S/C17H22N4O4S/c18-17(7-1-2-8-17)16-19-15(25-20-16)13-3-5-14(6-4-13)26(22,23)21-9-11-24-12-10-21/h3-6H,1-2,7-12,18H2. The SMILES string of the molecule is NC1(c2noc(-c3ccc(S(=O)(=O)N4CCOCC4)cc3)n2)CCCC1. The van der Waals surface area contributed by atoms with Gasteiger partial charge in [0.05, 0.1) is 23.6 Å². The summed E-state index contributed by atoms with van der Waals surface area (Å²) in [5.74, 6) is 0.877. The average molecular weight is 378 g/mol. The van der Waals surface area contributed by atoms with Crippen molar-refractivity contribution in [3.05, 3.63) is 30.1 Å². The minimum absolute atomic E-state index is 0.244. The second-order valence-electron chi connectivity index (χ2n) is 6.83. The molecule has 2 fully saturated rings. The number of benzene rings is 1. The van der Waals surface area contributed by atoms with Crippen LogP contribution in [0, 0.1) is 0 Å². The lowest BCUT2D eigenvalue weighted by atomic mass is 9.99. The van der Waals surface area contributed by atoms with Crippen molar-refractivity contribution >= 4 is 10.0 Å². The first-order valence-electron chi connectivity index (χ1n) is 8.80. The summed E-state index contributed by atoms with van der Waals surface area (Å²) in [7, 11) is -3.51. The Morgan fingerprint density at radius 1 is 1.08 bits per heavy atom. The van der Waals surface area contributed by atoms with Crippen molar-refractivity contribution in [3.63, 3.8) is 0 Å². The van der Waals surface area contributed by atoms with Crippen LogP contribution >= 0.6 is 0 Å². The van der Waals surface area contributed by atoms with Crippen LogP contribution in [-0.4, -0.2) is 49.2 Å². The lowest BCUT2D eigenvalue weighted by molar-refractivity contribution is 0.0730. The molecule has 26 heavy (non-hydrogen) atoms. The summed E-state index contributed by atoms with van der Waals surface area (Å²) < 4.78 is 37.3. The Hall–Kier alpha value is -1.81. The van der Waals surface area contributed by atoms with E-state index in [-0.39, 0.29) is 4.90 Å². The van der Waals surface area contributed by atoms with Gasteiger partial charge < -0.3 is 15.0 Å². The summed E-state index contributed by atoms with van der Waals surface area (Å²) in [6.45, 7) is 1.58. The number of nitrogens with two attached hydrogens (primary N) is 1. The molecule has 0 amide bonds. The average Bonchev–Trinajstić information content (AvgIpc) is 3.33. The monoisotopic (exact) mass is 378 g/mol. The first-order valence-corrected chi connectivity index (χ1v) is 10.2. The van der Waals surface area contributed by atoms with Gasteiger partial charge in [0.15, 0.2) is 5.82 Å². The fraction of sp³-hybridized carbons (Fsp3) is 0.529. The highest BCUT2D eigenvalue weighted by Gasteiger charge is 2.36. The van der Waals surface area contributed by atoms with Crippen molar-refractivity contribution < 1.29 is 17.7 Å².